The summed E-state index contributed by atoms with van der Waals surface area (Å²) >= 11 is 0. The standard InChI is InChI=1S/C14H23N3O4S/c1-10(2)17(22(3,19)20)8-4-7-15-14(18)12-9-13(21-16-12)11-5-6-11/h9-11H,4-8H2,1-3H3,(H,15,18). The van der Waals surface area contributed by atoms with Gasteiger partial charge >= 0.3 is 0 Å². The second-order valence-corrected chi connectivity index (χ2v) is 7.90. The Kier molecular flexibility index (Phi) is 5.23. The van der Waals surface area contributed by atoms with Gasteiger partial charge in [0.15, 0.2) is 5.69 Å². The zero-order valence-corrected chi connectivity index (χ0v) is 14.0. The zero-order chi connectivity index (χ0) is 16.3. The Hall–Kier alpha value is -1.41. The largest absolute Gasteiger partial charge is 0.360 e. The van der Waals surface area contributed by atoms with Crippen molar-refractivity contribution in [3.63, 3.8) is 0 Å². The van der Waals surface area contributed by atoms with Crippen molar-refractivity contribution in [1.29, 1.82) is 0 Å². The van der Waals surface area contributed by atoms with Crippen molar-refractivity contribution < 1.29 is 17.7 Å². The fourth-order valence-corrected chi connectivity index (χ4v) is 3.52. The molecule has 2 rings (SSSR count). The van der Waals surface area contributed by atoms with Crippen molar-refractivity contribution in [2.24, 2.45) is 0 Å². The predicted octanol–water partition coefficient (Wildman–Crippen LogP) is 1.34. The van der Waals surface area contributed by atoms with Crippen molar-refractivity contribution in [2.45, 2.75) is 45.1 Å². The molecule has 1 N–H and O–H groups in total. The molecule has 1 saturated carbocycles. The number of amides is 1. The number of carbonyl (C=O) groups is 1. The van der Waals surface area contributed by atoms with Crippen molar-refractivity contribution >= 4 is 15.9 Å². The Balaban J connectivity index is 1.76. The highest BCUT2D eigenvalue weighted by Crippen LogP contribution is 2.40. The van der Waals surface area contributed by atoms with E-state index >= 15 is 0 Å². The van der Waals surface area contributed by atoms with E-state index in [1.54, 1.807) is 6.07 Å². The maximum absolute atomic E-state index is 11.9. The topological polar surface area (TPSA) is 92.5 Å². The van der Waals surface area contributed by atoms with Crippen molar-refractivity contribution in [3.05, 3.63) is 17.5 Å². The monoisotopic (exact) mass is 329 g/mol. The molecule has 1 aliphatic carbocycles. The third-order valence-electron chi connectivity index (χ3n) is 3.58. The number of nitrogens with zero attached hydrogens (tertiary/aromatic N) is 2. The summed E-state index contributed by atoms with van der Waals surface area (Å²) in [6, 6.07) is 1.59. The molecule has 1 aliphatic rings. The molecule has 124 valence electrons. The Bertz CT molecular complexity index is 620. The quantitative estimate of drug-likeness (QED) is 0.727. The van der Waals surface area contributed by atoms with Crippen molar-refractivity contribution in [2.75, 3.05) is 19.3 Å². The highest BCUT2D eigenvalue weighted by molar-refractivity contribution is 7.88. The van der Waals surface area contributed by atoms with Crippen LogP contribution in [0.1, 0.15) is 55.3 Å². The van der Waals surface area contributed by atoms with E-state index in [2.05, 4.69) is 10.5 Å². The van der Waals surface area contributed by atoms with E-state index in [4.69, 9.17) is 4.52 Å². The van der Waals surface area contributed by atoms with E-state index in [-0.39, 0.29) is 17.6 Å². The summed E-state index contributed by atoms with van der Waals surface area (Å²) < 4.78 is 29.8. The smallest absolute Gasteiger partial charge is 0.273 e. The van der Waals surface area contributed by atoms with Gasteiger partial charge in [0.2, 0.25) is 10.0 Å². The Morgan fingerprint density at radius 3 is 2.73 bits per heavy atom. The first kappa shape index (κ1) is 17.0. The number of nitrogens with one attached hydrogen (secondary N) is 1. The summed E-state index contributed by atoms with van der Waals surface area (Å²) in [4.78, 5) is 11.9. The molecule has 0 atom stereocenters. The van der Waals surface area contributed by atoms with Gasteiger partial charge < -0.3 is 9.84 Å². The Morgan fingerprint density at radius 1 is 1.50 bits per heavy atom. The van der Waals surface area contributed by atoms with Gasteiger partial charge in [-0.1, -0.05) is 5.16 Å². The van der Waals surface area contributed by atoms with Crippen LogP contribution in [0.15, 0.2) is 10.6 Å². The highest BCUT2D eigenvalue weighted by atomic mass is 32.2. The fourth-order valence-electron chi connectivity index (χ4n) is 2.29. The second-order valence-electron chi connectivity index (χ2n) is 5.97. The van der Waals surface area contributed by atoms with Crippen LogP contribution in [0.3, 0.4) is 0 Å². The Labute approximate surface area is 131 Å². The number of hydrogen-bond acceptors (Lipinski definition) is 5. The van der Waals surface area contributed by atoms with E-state index in [0.29, 0.717) is 25.4 Å². The van der Waals surface area contributed by atoms with Crippen LogP contribution in [0.5, 0.6) is 0 Å². The first-order chi connectivity index (χ1) is 10.3. The first-order valence-electron chi connectivity index (χ1n) is 7.50. The summed E-state index contributed by atoms with van der Waals surface area (Å²) in [5.41, 5.74) is 0.283. The molecule has 1 fully saturated rings. The van der Waals surface area contributed by atoms with Gasteiger partial charge in [-0.3, -0.25) is 4.79 Å². The van der Waals surface area contributed by atoms with Crippen LogP contribution in [-0.2, 0) is 10.0 Å². The number of rotatable bonds is 8. The average molecular weight is 329 g/mol. The fraction of sp³-hybridized carbons (Fsp3) is 0.714. The van der Waals surface area contributed by atoms with Gasteiger partial charge in [-0.2, -0.15) is 4.31 Å². The van der Waals surface area contributed by atoms with Gasteiger partial charge in [0.05, 0.1) is 6.26 Å². The predicted molar refractivity (Wildman–Crippen MR) is 82.1 cm³/mol. The molecule has 1 aromatic rings. The normalized spacial score (nSPS) is 15.5. The number of carbonyl (C=O) groups excluding carboxylic acids is 1. The van der Waals surface area contributed by atoms with Gasteiger partial charge in [-0.15, -0.1) is 0 Å². The van der Waals surface area contributed by atoms with E-state index in [9.17, 15) is 13.2 Å². The minimum atomic E-state index is -3.22. The zero-order valence-electron chi connectivity index (χ0n) is 13.2. The highest BCUT2D eigenvalue weighted by Gasteiger charge is 2.28. The molecular weight excluding hydrogens is 306 g/mol. The lowest BCUT2D eigenvalue weighted by atomic mass is 10.2. The van der Waals surface area contributed by atoms with Crippen molar-refractivity contribution in [3.8, 4) is 0 Å². The molecule has 1 amide bonds. The molecule has 8 heteroatoms. The molecule has 22 heavy (non-hydrogen) atoms. The molecule has 0 spiro atoms. The van der Waals surface area contributed by atoms with Crippen LogP contribution in [-0.4, -0.2) is 49.2 Å². The molecule has 7 nitrogen and oxygen atoms in total. The molecular formula is C14H23N3O4S. The van der Waals surface area contributed by atoms with E-state index in [0.717, 1.165) is 18.6 Å². The van der Waals surface area contributed by atoms with E-state index < -0.39 is 10.0 Å². The maximum atomic E-state index is 11.9. The molecule has 0 unspecified atom stereocenters. The average Bonchev–Trinajstić information content (AvgIpc) is 3.14. The third-order valence-corrected chi connectivity index (χ3v) is 5.04. The van der Waals surface area contributed by atoms with Gasteiger partial charge in [0, 0.05) is 31.1 Å². The Morgan fingerprint density at radius 2 is 2.18 bits per heavy atom. The van der Waals surface area contributed by atoms with Gasteiger partial charge in [-0.05, 0) is 33.1 Å². The minimum absolute atomic E-state index is 0.0951. The molecule has 0 aliphatic heterocycles. The van der Waals surface area contributed by atoms with Gasteiger partial charge in [-0.25, -0.2) is 8.42 Å². The maximum Gasteiger partial charge on any atom is 0.273 e. The lowest BCUT2D eigenvalue weighted by Gasteiger charge is -2.23. The summed E-state index contributed by atoms with van der Waals surface area (Å²) in [6.07, 6.45) is 3.92. The molecule has 0 saturated heterocycles. The summed E-state index contributed by atoms with van der Waals surface area (Å²) in [5.74, 6) is 0.905. The molecule has 0 radical (unpaired) electrons. The molecule has 1 heterocycles. The molecule has 1 aromatic heterocycles. The molecule has 0 bridgehead atoms. The van der Waals surface area contributed by atoms with Gasteiger partial charge in [0.1, 0.15) is 5.76 Å². The number of sulfonamides is 1. The van der Waals surface area contributed by atoms with Crippen LogP contribution < -0.4 is 5.32 Å². The van der Waals surface area contributed by atoms with E-state index in [1.807, 2.05) is 13.8 Å². The first-order valence-corrected chi connectivity index (χ1v) is 9.35. The SMILES string of the molecule is CC(C)N(CCCNC(=O)c1cc(C2CC2)on1)S(C)(=O)=O. The number of hydrogen-bond donors (Lipinski definition) is 1. The van der Waals surface area contributed by atoms with Gasteiger partial charge in [0.25, 0.3) is 5.91 Å². The summed E-state index contributed by atoms with van der Waals surface area (Å²) in [7, 11) is -3.22. The van der Waals surface area contributed by atoms with Crippen LogP contribution in [0, 0.1) is 0 Å². The number of aromatic nitrogens is 1. The lowest BCUT2D eigenvalue weighted by molar-refractivity contribution is 0.0943. The summed E-state index contributed by atoms with van der Waals surface area (Å²) in [5, 5.41) is 6.50. The van der Waals surface area contributed by atoms with Crippen LogP contribution in [0.4, 0.5) is 0 Å². The van der Waals surface area contributed by atoms with Crippen LogP contribution >= 0.6 is 0 Å². The van der Waals surface area contributed by atoms with Crippen LogP contribution in [0.25, 0.3) is 0 Å². The summed E-state index contributed by atoms with van der Waals surface area (Å²) in [6.45, 7) is 4.43. The van der Waals surface area contributed by atoms with E-state index in [1.165, 1.54) is 10.6 Å². The van der Waals surface area contributed by atoms with Crippen LogP contribution in [0.2, 0.25) is 0 Å². The van der Waals surface area contributed by atoms with Crippen molar-refractivity contribution in [1.82, 2.24) is 14.8 Å². The third kappa shape index (κ3) is 4.54. The second kappa shape index (κ2) is 6.78. The minimum Gasteiger partial charge on any atom is -0.360 e. The lowest BCUT2D eigenvalue weighted by Crippen LogP contribution is -2.38. The molecule has 0 aromatic carbocycles.